The van der Waals surface area contributed by atoms with Crippen molar-refractivity contribution in [1.82, 2.24) is 0 Å². The van der Waals surface area contributed by atoms with Crippen LogP contribution >= 0.6 is 11.8 Å². The third-order valence-electron chi connectivity index (χ3n) is 3.89. The Kier molecular flexibility index (Phi) is 4.76. The molecule has 2 N–H and O–H groups in total. The zero-order valence-electron chi connectivity index (χ0n) is 13.4. The Balaban J connectivity index is 1.86. The van der Waals surface area contributed by atoms with Crippen LogP contribution in [0.1, 0.15) is 22.0 Å². The molecule has 6 heteroatoms. The Morgan fingerprint density at radius 3 is 2.08 bits per heavy atom. The van der Waals surface area contributed by atoms with E-state index in [4.69, 9.17) is 15.2 Å². The fourth-order valence-electron chi connectivity index (χ4n) is 2.60. The highest BCUT2D eigenvalue weighted by Gasteiger charge is 2.36. The first-order chi connectivity index (χ1) is 11.6. The number of aliphatic imine (C=N–C) groups is 1. The molecule has 2 atom stereocenters. The van der Waals surface area contributed by atoms with E-state index in [0.717, 1.165) is 11.3 Å². The average Bonchev–Trinajstić information content (AvgIpc) is 3.03. The predicted molar refractivity (Wildman–Crippen MR) is 96.1 cm³/mol. The minimum atomic E-state index is -0.369. The Morgan fingerprint density at radius 2 is 1.54 bits per heavy atom. The van der Waals surface area contributed by atoms with Gasteiger partial charge in [-0.05, 0) is 42.0 Å². The summed E-state index contributed by atoms with van der Waals surface area (Å²) in [5, 5.41) is 0.0643. The summed E-state index contributed by atoms with van der Waals surface area (Å²) in [6, 6.07) is 14.3. The van der Waals surface area contributed by atoms with Gasteiger partial charge >= 0.3 is 0 Å². The summed E-state index contributed by atoms with van der Waals surface area (Å²) in [7, 11) is 3.21. The molecule has 0 saturated carbocycles. The number of thioether (sulfide) groups is 1. The number of amidine groups is 1. The summed E-state index contributed by atoms with van der Waals surface area (Å²) in [5.74, 6) is 1.49. The van der Waals surface area contributed by atoms with E-state index >= 15 is 0 Å². The van der Waals surface area contributed by atoms with Crippen molar-refractivity contribution < 1.29 is 14.3 Å². The number of ketones is 1. The van der Waals surface area contributed by atoms with Crippen LogP contribution in [0.2, 0.25) is 0 Å². The van der Waals surface area contributed by atoms with Crippen molar-refractivity contribution in [2.24, 2.45) is 10.7 Å². The van der Waals surface area contributed by atoms with Crippen LogP contribution in [0.25, 0.3) is 0 Å². The maximum absolute atomic E-state index is 12.9. The number of benzene rings is 2. The number of hydrogen-bond donors (Lipinski definition) is 1. The van der Waals surface area contributed by atoms with Crippen molar-refractivity contribution in [3.05, 3.63) is 59.7 Å². The van der Waals surface area contributed by atoms with Crippen molar-refractivity contribution in [3.63, 3.8) is 0 Å². The van der Waals surface area contributed by atoms with Gasteiger partial charge < -0.3 is 15.2 Å². The van der Waals surface area contributed by atoms with E-state index < -0.39 is 0 Å². The number of Topliss-reactive ketones (excluding diaryl/α,β-unsaturated/α-hetero) is 1. The van der Waals surface area contributed by atoms with Crippen molar-refractivity contribution in [2.75, 3.05) is 14.2 Å². The molecule has 0 aromatic heterocycles. The second-order valence-electron chi connectivity index (χ2n) is 5.32. The third-order valence-corrected chi connectivity index (χ3v) is 4.96. The molecule has 2 aromatic carbocycles. The number of rotatable bonds is 5. The number of carbonyl (C=O) groups is 1. The second kappa shape index (κ2) is 6.97. The summed E-state index contributed by atoms with van der Waals surface area (Å²) in [4.78, 5) is 17.3. The monoisotopic (exact) mass is 342 g/mol. The van der Waals surface area contributed by atoms with Gasteiger partial charge in [0.25, 0.3) is 0 Å². The molecule has 1 aliphatic heterocycles. The molecule has 0 aliphatic carbocycles. The summed E-state index contributed by atoms with van der Waals surface area (Å²) < 4.78 is 10.3. The van der Waals surface area contributed by atoms with Crippen molar-refractivity contribution in [2.45, 2.75) is 11.3 Å². The van der Waals surface area contributed by atoms with Gasteiger partial charge in [-0.1, -0.05) is 23.9 Å². The molecule has 0 unspecified atom stereocenters. The third kappa shape index (κ3) is 3.23. The zero-order chi connectivity index (χ0) is 17.1. The summed E-state index contributed by atoms with van der Waals surface area (Å²) in [5.41, 5.74) is 7.45. The summed E-state index contributed by atoms with van der Waals surface area (Å²) >= 11 is 1.31. The van der Waals surface area contributed by atoms with Crippen molar-refractivity contribution in [3.8, 4) is 11.5 Å². The molecule has 1 heterocycles. The van der Waals surface area contributed by atoms with Crippen LogP contribution in [0.5, 0.6) is 11.5 Å². The van der Waals surface area contributed by atoms with Gasteiger partial charge in [0, 0.05) is 5.56 Å². The van der Waals surface area contributed by atoms with Crippen LogP contribution in [0, 0.1) is 0 Å². The quantitative estimate of drug-likeness (QED) is 0.845. The lowest BCUT2D eigenvalue weighted by molar-refractivity contribution is 0.0983. The van der Waals surface area contributed by atoms with Crippen LogP contribution in [0.3, 0.4) is 0 Å². The minimum Gasteiger partial charge on any atom is -0.497 e. The SMILES string of the molecule is COc1ccc(C(=O)[C@H]2SC(N)=N[C@@H]2c2ccc(OC)cc2)cc1. The zero-order valence-corrected chi connectivity index (χ0v) is 14.2. The molecule has 0 radical (unpaired) electrons. The van der Waals surface area contributed by atoms with Crippen LogP contribution in [0.15, 0.2) is 53.5 Å². The normalized spacial score (nSPS) is 19.7. The highest BCUT2D eigenvalue weighted by atomic mass is 32.2. The Bertz CT molecular complexity index is 757. The van der Waals surface area contributed by atoms with E-state index in [1.165, 1.54) is 11.8 Å². The van der Waals surface area contributed by atoms with Gasteiger partial charge in [0.05, 0.1) is 20.3 Å². The smallest absolute Gasteiger partial charge is 0.178 e. The van der Waals surface area contributed by atoms with E-state index in [1.54, 1.807) is 38.5 Å². The van der Waals surface area contributed by atoms with E-state index in [1.807, 2.05) is 24.3 Å². The number of carbonyl (C=O) groups excluding carboxylic acids is 1. The van der Waals surface area contributed by atoms with E-state index in [2.05, 4.69) is 4.99 Å². The van der Waals surface area contributed by atoms with Gasteiger partial charge in [-0.25, -0.2) is 0 Å². The number of methoxy groups -OCH3 is 2. The molecule has 5 nitrogen and oxygen atoms in total. The maximum atomic E-state index is 12.9. The molecule has 3 rings (SSSR count). The number of nitrogens with two attached hydrogens (primary N) is 1. The highest BCUT2D eigenvalue weighted by Crippen LogP contribution is 2.38. The van der Waals surface area contributed by atoms with E-state index in [-0.39, 0.29) is 17.1 Å². The van der Waals surface area contributed by atoms with Gasteiger partial charge in [-0.2, -0.15) is 0 Å². The first-order valence-corrected chi connectivity index (χ1v) is 8.32. The molecule has 0 saturated heterocycles. The van der Waals surface area contributed by atoms with Gasteiger partial charge in [0.1, 0.15) is 16.7 Å². The molecular weight excluding hydrogens is 324 g/mol. The predicted octanol–water partition coefficient (Wildman–Crippen LogP) is 3.06. The minimum absolute atomic E-state index is 0.00710. The molecule has 0 fully saturated rings. The second-order valence-corrected chi connectivity index (χ2v) is 6.48. The Labute approximate surface area is 144 Å². The molecule has 0 amide bonds. The Morgan fingerprint density at radius 1 is 1.00 bits per heavy atom. The lowest BCUT2D eigenvalue weighted by atomic mass is 9.97. The standard InChI is InChI=1S/C18H18N2O3S/c1-22-13-7-3-11(4-8-13)15-17(24-18(19)20-15)16(21)12-5-9-14(23-2)10-6-12/h3-10,15,17H,1-2H3,(H2,19,20)/t15-,17+/m1/s1. The molecule has 24 heavy (non-hydrogen) atoms. The van der Waals surface area contributed by atoms with Crippen LogP contribution < -0.4 is 15.2 Å². The lowest BCUT2D eigenvalue weighted by Gasteiger charge is -2.17. The van der Waals surface area contributed by atoms with Gasteiger partial charge in [-0.3, -0.25) is 9.79 Å². The number of ether oxygens (including phenoxy) is 2. The van der Waals surface area contributed by atoms with Crippen LogP contribution in [-0.2, 0) is 0 Å². The van der Waals surface area contributed by atoms with Gasteiger partial charge in [-0.15, -0.1) is 0 Å². The molecule has 124 valence electrons. The Hall–Kier alpha value is -2.47. The number of nitrogens with zero attached hydrogens (tertiary/aromatic N) is 1. The van der Waals surface area contributed by atoms with Crippen molar-refractivity contribution >= 4 is 22.7 Å². The molecule has 0 spiro atoms. The topological polar surface area (TPSA) is 73.9 Å². The summed E-state index contributed by atoms with van der Waals surface area (Å²) in [6.07, 6.45) is 0. The van der Waals surface area contributed by atoms with Crippen molar-refractivity contribution in [1.29, 1.82) is 0 Å². The first kappa shape index (κ1) is 16.4. The molecule has 2 aromatic rings. The maximum Gasteiger partial charge on any atom is 0.178 e. The molecule has 0 bridgehead atoms. The largest absolute Gasteiger partial charge is 0.497 e. The fourth-order valence-corrected chi connectivity index (χ4v) is 3.62. The average molecular weight is 342 g/mol. The number of hydrogen-bond acceptors (Lipinski definition) is 6. The van der Waals surface area contributed by atoms with Gasteiger partial charge in [0.15, 0.2) is 11.0 Å². The van der Waals surface area contributed by atoms with Crippen LogP contribution in [0.4, 0.5) is 0 Å². The van der Waals surface area contributed by atoms with Crippen LogP contribution in [-0.4, -0.2) is 30.4 Å². The summed E-state index contributed by atoms with van der Waals surface area (Å²) in [6.45, 7) is 0. The van der Waals surface area contributed by atoms with E-state index in [9.17, 15) is 4.79 Å². The molecule has 1 aliphatic rings. The highest BCUT2D eigenvalue weighted by molar-refractivity contribution is 8.15. The first-order valence-electron chi connectivity index (χ1n) is 7.44. The van der Waals surface area contributed by atoms with E-state index in [0.29, 0.717) is 16.5 Å². The molecular formula is C18H18N2O3S. The lowest BCUT2D eigenvalue weighted by Crippen LogP contribution is -2.22. The van der Waals surface area contributed by atoms with Gasteiger partial charge in [0.2, 0.25) is 0 Å². The fraction of sp³-hybridized carbons (Fsp3) is 0.222.